The lowest BCUT2D eigenvalue weighted by atomic mass is 10.00. The van der Waals surface area contributed by atoms with E-state index in [1.54, 1.807) is 4.90 Å². The van der Waals surface area contributed by atoms with Crippen molar-refractivity contribution in [1.29, 1.82) is 0 Å². The number of carbonyl (C=O) groups excluding carboxylic acids is 2. The number of allylic oxidation sites excluding steroid dienone is 1. The summed E-state index contributed by atoms with van der Waals surface area (Å²) in [5, 5.41) is 2.75. The average molecular weight is 497 g/mol. The summed E-state index contributed by atoms with van der Waals surface area (Å²) in [6.45, 7) is 15.7. The smallest absolute Gasteiger partial charge is 0.410 e. The molecule has 0 fully saturated rings. The number of rotatable bonds is 9. The largest absolute Gasteiger partial charge is 0.444 e. The molecule has 174 valence electrons. The third-order valence-corrected chi connectivity index (χ3v) is 4.68. The van der Waals surface area contributed by atoms with Gasteiger partial charge < -0.3 is 19.7 Å². The predicted octanol–water partition coefficient (Wildman–Crippen LogP) is 6.61. The highest BCUT2D eigenvalue weighted by Gasteiger charge is 2.29. The normalized spacial score (nSPS) is 12.6. The van der Waals surface area contributed by atoms with Gasteiger partial charge in [-0.1, -0.05) is 34.1 Å². The van der Waals surface area contributed by atoms with E-state index in [-0.39, 0.29) is 12.1 Å². The van der Waals surface area contributed by atoms with Gasteiger partial charge in [0.05, 0.1) is 6.04 Å². The number of benzene rings is 1. The van der Waals surface area contributed by atoms with Gasteiger partial charge in [0.1, 0.15) is 11.2 Å². The maximum absolute atomic E-state index is 13.1. The minimum absolute atomic E-state index is 0.164. The Morgan fingerprint density at radius 3 is 2.19 bits per heavy atom. The SMILES string of the molecule is C=CCC[C@@H](c1ccc(Br)cc1)N(CCCNC(=O)OC(C)(C)C)C(=O)OC(C)(C)C. The molecule has 1 aromatic carbocycles. The number of nitrogens with one attached hydrogen (secondary N) is 1. The van der Waals surface area contributed by atoms with Gasteiger partial charge in [-0.25, -0.2) is 9.59 Å². The van der Waals surface area contributed by atoms with Crippen LogP contribution in [0.4, 0.5) is 9.59 Å². The van der Waals surface area contributed by atoms with E-state index >= 15 is 0 Å². The summed E-state index contributed by atoms with van der Waals surface area (Å²) in [5.41, 5.74) is -0.132. The number of hydrogen-bond donors (Lipinski definition) is 1. The molecular formula is C24H37BrN2O4. The molecule has 0 radical (unpaired) electrons. The van der Waals surface area contributed by atoms with Crippen molar-refractivity contribution in [2.45, 2.75) is 78.0 Å². The Morgan fingerprint density at radius 1 is 1.10 bits per heavy atom. The second-order valence-electron chi connectivity index (χ2n) is 9.39. The first-order valence-electron chi connectivity index (χ1n) is 10.7. The van der Waals surface area contributed by atoms with Crippen LogP contribution in [0.15, 0.2) is 41.4 Å². The van der Waals surface area contributed by atoms with E-state index in [4.69, 9.17) is 9.47 Å². The molecule has 1 atom stereocenters. The number of halogens is 1. The van der Waals surface area contributed by atoms with Crippen LogP contribution in [0.1, 0.15) is 72.4 Å². The van der Waals surface area contributed by atoms with Crippen molar-refractivity contribution in [3.05, 3.63) is 47.0 Å². The van der Waals surface area contributed by atoms with Crippen LogP contribution in [0.5, 0.6) is 0 Å². The third kappa shape index (κ3) is 11.2. The van der Waals surface area contributed by atoms with E-state index in [0.717, 1.165) is 22.9 Å². The topological polar surface area (TPSA) is 67.9 Å². The molecule has 0 aromatic heterocycles. The van der Waals surface area contributed by atoms with Crippen LogP contribution in [0.25, 0.3) is 0 Å². The Labute approximate surface area is 195 Å². The van der Waals surface area contributed by atoms with Crippen molar-refractivity contribution in [3.63, 3.8) is 0 Å². The zero-order valence-corrected chi connectivity index (χ0v) is 21.3. The summed E-state index contributed by atoms with van der Waals surface area (Å²) >= 11 is 3.46. The molecule has 0 saturated heterocycles. The molecule has 0 aliphatic heterocycles. The highest BCUT2D eigenvalue weighted by Crippen LogP contribution is 2.29. The van der Waals surface area contributed by atoms with Gasteiger partial charge in [0.25, 0.3) is 0 Å². The van der Waals surface area contributed by atoms with Crippen LogP contribution in [-0.4, -0.2) is 41.4 Å². The van der Waals surface area contributed by atoms with Gasteiger partial charge >= 0.3 is 12.2 Å². The summed E-state index contributed by atoms with van der Waals surface area (Å²) in [4.78, 5) is 26.7. The second-order valence-corrected chi connectivity index (χ2v) is 10.3. The third-order valence-electron chi connectivity index (χ3n) is 4.15. The lowest BCUT2D eigenvalue weighted by Crippen LogP contribution is -2.41. The van der Waals surface area contributed by atoms with Crippen LogP contribution in [0.2, 0.25) is 0 Å². The maximum Gasteiger partial charge on any atom is 0.410 e. The minimum Gasteiger partial charge on any atom is -0.444 e. The Kier molecular flexibility index (Phi) is 10.6. The Hall–Kier alpha value is -2.02. The van der Waals surface area contributed by atoms with Crippen LogP contribution in [0.3, 0.4) is 0 Å². The van der Waals surface area contributed by atoms with Gasteiger partial charge in [0, 0.05) is 17.6 Å². The van der Waals surface area contributed by atoms with E-state index < -0.39 is 17.3 Å². The number of hydrogen-bond acceptors (Lipinski definition) is 4. The van der Waals surface area contributed by atoms with Gasteiger partial charge in [-0.2, -0.15) is 0 Å². The molecule has 31 heavy (non-hydrogen) atoms. The van der Waals surface area contributed by atoms with E-state index in [2.05, 4.69) is 27.8 Å². The summed E-state index contributed by atoms with van der Waals surface area (Å²) in [6, 6.07) is 7.78. The molecule has 0 spiro atoms. The summed E-state index contributed by atoms with van der Waals surface area (Å²) in [6.07, 6.45) is 3.07. The predicted molar refractivity (Wildman–Crippen MR) is 128 cm³/mol. The molecule has 6 nitrogen and oxygen atoms in total. The molecule has 1 aromatic rings. The van der Waals surface area contributed by atoms with E-state index in [9.17, 15) is 9.59 Å². The second kappa shape index (κ2) is 12.1. The molecule has 0 heterocycles. The first-order valence-corrected chi connectivity index (χ1v) is 11.4. The quantitative estimate of drug-likeness (QED) is 0.308. The van der Waals surface area contributed by atoms with Gasteiger partial charge in [-0.3, -0.25) is 0 Å². The monoisotopic (exact) mass is 496 g/mol. The number of carbonyl (C=O) groups is 2. The van der Waals surface area contributed by atoms with E-state index in [1.807, 2.05) is 71.9 Å². The molecule has 0 aliphatic rings. The first-order chi connectivity index (χ1) is 14.3. The highest BCUT2D eigenvalue weighted by molar-refractivity contribution is 9.10. The van der Waals surface area contributed by atoms with Crippen molar-refractivity contribution in [2.24, 2.45) is 0 Å². The number of nitrogens with zero attached hydrogens (tertiary/aromatic N) is 1. The molecule has 0 saturated carbocycles. The molecule has 7 heteroatoms. The maximum atomic E-state index is 13.1. The van der Waals surface area contributed by atoms with Gasteiger partial charge in [0.2, 0.25) is 0 Å². The Bertz CT molecular complexity index is 721. The van der Waals surface area contributed by atoms with Crippen LogP contribution in [-0.2, 0) is 9.47 Å². The van der Waals surface area contributed by atoms with Crippen molar-refractivity contribution < 1.29 is 19.1 Å². The molecular weight excluding hydrogens is 460 g/mol. The van der Waals surface area contributed by atoms with Crippen molar-refractivity contribution in [1.82, 2.24) is 10.2 Å². The molecule has 0 unspecified atom stereocenters. The van der Waals surface area contributed by atoms with Crippen LogP contribution >= 0.6 is 15.9 Å². The number of alkyl carbamates (subject to hydrolysis) is 1. The lowest BCUT2D eigenvalue weighted by molar-refractivity contribution is 0.0146. The number of amides is 2. The lowest BCUT2D eigenvalue weighted by Gasteiger charge is -2.34. The molecule has 1 rings (SSSR count). The van der Waals surface area contributed by atoms with Crippen LogP contribution in [0, 0.1) is 0 Å². The van der Waals surface area contributed by atoms with Crippen LogP contribution < -0.4 is 5.32 Å². The van der Waals surface area contributed by atoms with Crippen molar-refractivity contribution in [3.8, 4) is 0 Å². The zero-order chi connectivity index (χ0) is 23.7. The van der Waals surface area contributed by atoms with Gasteiger partial charge in [0.15, 0.2) is 0 Å². The average Bonchev–Trinajstić information content (AvgIpc) is 2.61. The summed E-state index contributed by atoms with van der Waals surface area (Å²) in [7, 11) is 0. The number of ether oxygens (including phenoxy) is 2. The minimum atomic E-state index is -0.604. The van der Waals surface area contributed by atoms with Gasteiger partial charge in [-0.15, -0.1) is 6.58 Å². The van der Waals surface area contributed by atoms with E-state index in [0.29, 0.717) is 19.5 Å². The summed E-state index contributed by atoms with van der Waals surface area (Å²) in [5.74, 6) is 0. The highest BCUT2D eigenvalue weighted by atomic mass is 79.9. The fourth-order valence-corrected chi connectivity index (χ4v) is 3.18. The molecule has 2 amide bonds. The standard InChI is InChI=1S/C24H37BrN2O4/c1-8-9-11-20(18-12-14-19(25)15-13-18)27(22(29)31-24(5,6)7)17-10-16-26-21(28)30-23(2,3)4/h8,12-15,20H,1,9-11,16-17H2,2-7H3,(H,26,28)/t20-/m0/s1. The zero-order valence-electron chi connectivity index (χ0n) is 19.7. The molecule has 0 aliphatic carbocycles. The fourth-order valence-electron chi connectivity index (χ4n) is 2.91. The van der Waals surface area contributed by atoms with Crippen molar-refractivity contribution >= 4 is 28.1 Å². The fraction of sp³-hybridized carbons (Fsp3) is 0.583. The van der Waals surface area contributed by atoms with Gasteiger partial charge in [-0.05, 0) is 78.5 Å². The van der Waals surface area contributed by atoms with Crippen molar-refractivity contribution in [2.75, 3.05) is 13.1 Å². The Balaban J connectivity index is 2.96. The molecule has 1 N–H and O–H groups in total. The molecule has 0 bridgehead atoms. The Morgan fingerprint density at radius 2 is 1.68 bits per heavy atom. The first kappa shape index (κ1) is 27.0. The van der Waals surface area contributed by atoms with E-state index in [1.165, 1.54) is 0 Å². The summed E-state index contributed by atoms with van der Waals surface area (Å²) < 4.78 is 11.9.